The third-order valence-electron chi connectivity index (χ3n) is 2.72. The van der Waals surface area contributed by atoms with Crippen LogP contribution in [0.5, 0.6) is 0 Å². The van der Waals surface area contributed by atoms with E-state index >= 15 is 0 Å². The van der Waals surface area contributed by atoms with Gasteiger partial charge in [-0.25, -0.2) is 0 Å². The van der Waals surface area contributed by atoms with E-state index in [0.717, 1.165) is 25.2 Å². The van der Waals surface area contributed by atoms with Crippen LogP contribution in [-0.2, 0) is 4.79 Å². The molecule has 1 aromatic carbocycles. The van der Waals surface area contributed by atoms with Crippen molar-refractivity contribution in [2.45, 2.75) is 19.4 Å². The van der Waals surface area contributed by atoms with Crippen LogP contribution in [0, 0.1) is 0 Å². The van der Waals surface area contributed by atoms with Crippen LogP contribution in [0.3, 0.4) is 0 Å². The summed E-state index contributed by atoms with van der Waals surface area (Å²) in [6.45, 7) is 3.69. The molecule has 0 unspecified atom stereocenters. The molecular weight excluding hydrogens is 188 g/mol. The smallest absolute Gasteiger partial charge is 0.244 e. The van der Waals surface area contributed by atoms with E-state index < -0.39 is 0 Å². The Balaban J connectivity index is 2.11. The number of benzene rings is 1. The van der Waals surface area contributed by atoms with E-state index in [-0.39, 0.29) is 11.9 Å². The monoisotopic (exact) mass is 204 g/mol. The van der Waals surface area contributed by atoms with Crippen LogP contribution in [0.2, 0.25) is 0 Å². The summed E-state index contributed by atoms with van der Waals surface area (Å²) >= 11 is 0. The molecule has 1 heterocycles. The number of hydrogen-bond acceptors (Lipinski definition) is 2. The van der Waals surface area contributed by atoms with Crippen molar-refractivity contribution in [3.63, 3.8) is 0 Å². The molecule has 3 nitrogen and oxygen atoms in total. The zero-order valence-electron chi connectivity index (χ0n) is 8.94. The van der Waals surface area contributed by atoms with Crippen molar-refractivity contribution in [1.82, 2.24) is 5.32 Å². The summed E-state index contributed by atoms with van der Waals surface area (Å²) in [5, 5.41) is 3.20. The minimum Gasteiger partial charge on any atom is -0.311 e. The van der Waals surface area contributed by atoms with Crippen molar-refractivity contribution in [1.29, 1.82) is 0 Å². The summed E-state index contributed by atoms with van der Waals surface area (Å²) in [6.07, 6.45) is 0.904. The average molecular weight is 204 g/mol. The summed E-state index contributed by atoms with van der Waals surface area (Å²) < 4.78 is 0. The first-order chi connectivity index (χ1) is 7.33. The zero-order valence-corrected chi connectivity index (χ0v) is 8.94. The molecule has 1 aromatic rings. The van der Waals surface area contributed by atoms with Crippen LogP contribution in [0.1, 0.15) is 13.3 Å². The van der Waals surface area contributed by atoms with E-state index in [1.165, 1.54) is 0 Å². The second kappa shape index (κ2) is 4.45. The number of anilines is 1. The van der Waals surface area contributed by atoms with Gasteiger partial charge in [0.15, 0.2) is 0 Å². The molecule has 0 spiro atoms. The lowest BCUT2D eigenvalue weighted by Crippen LogP contribution is -2.38. The van der Waals surface area contributed by atoms with Gasteiger partial charge in [-0.2, -0.15) is 0 Å². The third kappa shape index (κ3) is 2.02. The maximum atomic E-state index is 12.0. The van der Waals surface area contributed by atoms with Crippen molar-refractivity contribution in [2.75, 3.05) is 18.0 Å². The van der Waals surface area contributed by atoms with Gasteiger partial charge in [0.25, 0.3) is 0 Å². The van der Waals surface area contributed by atoms with Crippen molar-refractivity contribution in [3.05, 3.63) is 30.3 Å². The van der Waals surface area contributed by atoms with Gasteiger partial charge in [-0.15, -0.1) is 0 Å². The molecule has 1 N–H and O–H groups in total. The predicted molar refractivity (Wildman–Crippen MR) is 60.9 cm³/mol. The highest BCUT2D eigenvalue weighted by Crippen LogP contribution is 2.20. The van der Waals surface area contributed by atoms with E-state index in [4.69, 9.17) is 0 Å². The molecule has 0 aliphatic carbocycles. The Bertz CT molecular complexity index is 337. The lowest BCUT2D eigenvalue weighted by Gasteiger charge is -2.16. The second-order valence-electron chi connectivity index (χ2n) is 3.72. The van der Waals surface area contributed by atoms with Gasteiger partial charge in [-0.1, -0.05) is 25.1 Å². The number of amides is 1. The Morgan fingerprint density at radius 2 is 2.13 bits per heavy atom. The molecule has 1 saturated heterocycles. The highest BCUT2D eigenvalue weighted by Gasteiger charge is 2.31. The van der Waals surface area contributed by atoms with Gasteiger partial charge >= 0.3 is 0 Å². The fraction of sp³-hybridized carbons (Fsp3) is 0.417. The number of carbonyl (C=O) groups excluding carboxylic acids is 1. The molecule has 2 rings (SSSR count). The fourth-order valence-corrected chi connectivity index (χ4v) is 1.98. The average Bonchev–Trinajstić information content (AvgIpc) is 2.63. The standard InChI is InChI=1S/C12H16N2O/c1-2-13-11-8-9-14(12(11)15)10-6-4-3-5-7-10/h3-7,11,13H,2,8-9H2,1H3/t11-/m1/s1. The van der Waals surface area contributed by atoms with Crippen molar-refractivity contribution in [3.8, 4) is 0 Å². The molecule has 1 amide bonds. The van der Waals surface area contributed by atoms with Crippen LogP contribution in [0.15, 0.2) is 30.3 Å². The Labute approximate surface area is 90.1 Å². The van der Waals surface area contributed by atoms with Gasteiger partial charge in [0.2, 0.25) is 5.91 Å². The quantitative estimate of drug-likeness (QED) is 0.807. The Morgan fingerprint density at radius 3 is 2.80 bits per heavy atom. The van der Waals surface area contributed by atoms with Crippen molar-refractivity contribution >= 4 is 11.6 Å². The summed E-state index contributed by atoms with van der Waals surface area (Å²) in [6, 6.07) is 9.85. The number of nitrogens with zero attached hydrogens (tertiary/aromatic N) is 1. The first-order valence-electron chi connectivity index (χ1n) is 5.42. The Morgan fingerprint density at radius 1 is 1.40 bits per heavy atom. The topological polar surface area (TPSA) is 32.3 Å². The maximum Gasteiger partial charge on any atom is 0.244 e. The molecule has 1 aliphatic heterocycles. The first-order valence-corrected chi connectivity index (χ1v) is 5.42. The van der Waals surface area contributed by atoms with E-state index in [1.807, 2.05) is 42.2 Å². The number of likely N-dealkylation sites (N-methyl/N-ethyl adjacent to an activating group) is 1. The molecule has 0 radical (unpaired) electrons. The molecule has 0 saturated carbocycles. The van der Waals surface area contributed by atoms with Gasteiger partial charge in [-0.05, 0) is 25.1 Å². The van der Waals surface area contributed by atoms with E-state index in [0.29, 0.717) is 0 Å². The van der Waals surface area contributed by atoms with Gasteiger partial charge in [0.05, 0.1) is 6.04 Å². The van der Waals surface area contributed by atoms with Crippen LogP contribution >= 0.6 is 0 Å². The fourth-order valence-electron chi connectivity index (χ4n) is 1.98. The summed E-state index contributed by atoms with van der Waals surface area (Å²) in [5.74, 6) is 0.197. The normalized spacial score (nSPS) is 21.0. The highest BCUT2D eigenvalue weighted by atomic mass is 16.2. The largest absolute Gasteiger partial charge is 0.311 e. The lowest BCUT2D eigenvalue weighted by molar-refractivity contribution is -0.118. The molecule has 1 aliphatic rings. The van der Waals surface area contributed by atoms with Gasteiger partial charge in [0.1, 0.15) is 0 Å². The molecule has 1 atom stereocenters. The van der Waals surface area contributed by atoms with Crippen LogP contribution in [-0.4, -0.2) is 25.0 Å². The number of carbonyl (C=O) groups is 1. The minimum atomic E-state index is 0.00945. The molecule has 80 valence electrons. The van der Waals surface area contributed by atoms with E-state index in [1.54, 1.807) is 0 Å². The Hall–Kier alpha value is -1.35. The number of para-hydroxylation sites is 1. The summed E-state index contributed by atoms with van der Waals surface area (Å²) in [7, 11) is 0. The predicted octanol–water partition coefficient (Wildman–Crippen LogP) is 1.40. The van der Waals surface area contributed by atoms with Crippen molar-refractivity contribution in [2.24, 2.45) is 0 Å². The van der Waals surface area contributed by atoms with Gasteiger partial charge in [-0.3, -0.25) is 4.79 Å². The number of nitrogens with one attached hydrogen (secondary N) is 1. The number of hydrogen-bond donors (Lipinski definition) is 1. The van der Waals surface area contributed by atoms with E-state index in [2.05, 4.69) is 5.32 Å². The minimum absolute atomic E-state index is 0.00945. The molecule has 0 aromatic heterocycles. The van der Waals surface area contributed by atoms with Crippen molar-refractivity contribution < 1.29 is 4.79 Å². The first kappa shape index (κ1) is 10.2. The summed E-state index contributed by atoms with van der Waals surface area (Å²) in [4.78, 5) is 13.8. The summed E-state index contributed by atoms with van der Waals surface area (Å²) in [5.41, 5.74) is 1.00. The van der Waals surface area contributed by atoms with Gasteiger partial charge < -0.3 is 10.2 Å². The molecule has 1 fully saturated rings. The zero-order chi connectivity index (χ0) is 10.7. The third-order valence-corrected chi connectivity index (χ3v) is 2.72. The van der Waals surface area contributed by atoms with Gasteiger partial charge in [0, 0.05) is 12.2 Å². The lowest BCUT2D eigenvalue weighted by atomic mass is 10.2. The molecule has 0 bridgehead atoms. The second-order valence-corrected chi connectivity index (χ2v) is 3.72. The highest BCUT2D eigenvalue weighted by molar-refractivity contribution is 5.99. The van der Waals surface area contributed by atoms with Crippen LogP contribution in [0.4, 0.5) is 5.69 Å². The SMILES string of the molecule is CCN[C@@H]1CCN(c2ccccc2)C1=O. The molecule has 15 heavy (non-hydrogen) atoms. The number of rotatable bonds is 3. The molecule has 3 heteroatoms. The van der Waals surface area contributed by atoms with Crippen LogP contribution in [0.25, 0.3) is 0 Å². The van der Waals surface area contributed by atoms with Crippen LogP contribution < -0.4 is 10.2 Å². The molecular formula is C12H16N2O. The maximum absolute atomic E-state index is 12.0. The van der Waals surface area contributed by atoms with E-state index in [9.17, 15) is 4.79 Å². The Kier molecular flexibility index (Phi) is 3.02.